The molecule has 0 aliphatic carbocycles. The number of halogens is 1. The van der Waals surface area contributed by atoms with Crippen molar-refractivity contribution in [3.05, 3.63) is 112 Å². The average Bonchev–Trinajstić information content (AvgIpc) is 3.42. The lowest BCUT2D eigenvalue weighted by Gasteiger charge is -2.40. The van der Waals surface area contributed by atoms with E-state index in [1.165, 1.54) is 5.01 Å². The number of esters is 2. The average molecular weight is 617 g/mol. The molecule has 9 heteroatoms. The fourth-order valence-corrected chi connectivity index (χ4v) is 5.94. The maximum atomic E-state index is 14.9. The molecule has 5 rings (SSSR count). The molecule has 1 amide bonds. The minimum atomic E-state index is -1.55. The minimum Gasteiger partial charge on any atom is -0.463 e. The monoisotopic (exact) mass is 615 g/mol. The molecule has 2 unspecified atom stereocenters. The lowest BCUT2D eigenvalue weighted by molar-refractivity contribution is -0.143. The quantitative estimate of drug-likeness (QED) is 0.307. The predicted molar refractivity (Wildman–Crippen MR) is 159 cm³/mol. The van der Waals surface area contributed by atoms with Gasteiger partial charge in [0.15, 0.2) is 5.54 Å². The van der Waals surface area contributed by atoms with Gasteiger partial charge < -0.3 is 14.4 Å². The summed E-state index contributed by atoms with van der Waals surface area (Å²) in [5.74, 6) is -2.68. The Morgan fingerprint density at radius 3 is 2.07 bits per heavy atom. The van der Waals surface area contributed by atoms with Crippen LogP contribution in [-0.2, 0) is 30.4 Å². The summed E-state index contributed by atoms with van der Waals surface area (Å²) in [4.78, 5) is 44.2. The number of anilines is 1. The summed E-state index contributed by atoms with van der Waals surface area (Å²) in [5.41, 5.74) is 1.03. The molecule has 2 aliphatic heterocycles. The van der Waals surface area contributed by atoms with Gasteiger partial charge in [-0.2, -0.15) is 10.1 Å². The van der Waals surface area contributed by atoms with Crippen molar-refractivity contribution in [2.24, 2.45) is 5.10 Å². The van der Waals surface area contributed by atoms with Gasteiger partial charge in [-0.1, -0.05) is 76.6 Å². The summed E-state index contributed by atoms with van der Waals surface area (Å²) in [6.45, 7) is 5.49. The standard InChI is InChI=1S/C32H30BrN3O5/c1-4-40-29(37)26-27(23-16-18-24(33)19-17-23)32(21(3)34-36(31(32)39)25-14-10-7-11-15-25)35(28(26)30(38)41-5-2)20-22-12-8-6-9-13-22/h6-19,27H,4-5,20H2,1-3H3. The lowest BCUT2D eigenvalue weighted by Crippen LogP contribution is -2.59. The van der Waals surface area contributed by atoms with Crippen molar-refractivity contribution in [3.63, 3.8) is 0 Å². The highest BCUT2D eigenvalue weighted by molar-refractivity contribution is 9.10. The normalized spacial score (nSPS) is 20.0. The van der Waals surface area contributed by atoms with Gasteiger partial charge in [0, 0.05) is 11.0 Å². The van der Waals surface area contributed by atoms with Crippen LogP contribution in [0.5, 0.6) is 0 Å². The highest BCUT2D eigenvalue weighted by Crippen LogP contribution is 2.54. The fraction of sp³-hybridized carbons (Fsp3) is 0.250. The highest BCUT2D eigenvalue weighted by atomic mass is 79.9. The van der Waals surface area contributed by atoms with Gasteiger partial charge in [-0.05, 0) is 56.2 Å². The number of amides is 1. The first-order valence-electron chi connectivity index (χ1n) is 13.4. The van der Waals surface area contributed by atoms with Crippen LogP contribution in [0.3, 0.4) is 0 Å². The third kappa shape index (κ3) is 4.84. The van der Waals surface area contributed by atoms with Crippen molar-refractivity contribution in [2.75, 3.05) is 18.2 Å². The number of nitrogens with zero attached hydrogens (tertiary/aromatic N) is 3. The molecule has 2 aliphatic rings. The second-order valence-electron chi connectivity index (χ2n) is 9.66. The maximum absolute atomic E-state index is 14.9. The molecule has 2 heterocycles. The van der Waals surface area contributed by atoms with Crippen molar-refractivity contribution in [3.8, 4) is 0 Å². The van der Waals surface area contributed by atoms with Crippen LogP contribution >= 0.6 is 15.9 Å². The Bertz CT molecular complexity index is 1520. The molecule has 41 heavy (non-hydrogen) atoms. The van der Waals surface area contributed by atoms with Gasteiger partial charge in [0.2, 0.25) is 0 Å². The third-order valence-corrected chi connectivity index (χ3v) is 7.86. The molecule has 3 aromatic rings. The van der Waals surface area contributed by atoms with Crippen LogP contribution in [0.15, 0.2) is 106 Å². The second-order valence-corrected chi connectivity index (χ2v) is 10.6. The van der Waals surface area contributed by atoms with Crippen LogP contribution in [0, 0.1) is 0 Å². The van der Waals surface area contributed by atoms with Crippen molar-refractivity contribution in [1.82, 2.24) is 4.90 Å². The van der Waals surface area contributed by atoms with Gasteiger partial charge >= 0.3 is 11.9 Å². The molecule has 0 radical (unpaired) electrons. The molecule has 2 atom stereocenters. The van der Waals surface area contributed by atoms with E-state index in [1.54, 1.807) is 37.8 Å². The molecule has 0 aromatic heterocycles. The van der Waals surface area contributed by atoms with Gasteiger partial charge in [-0.25, -0.2) is 9.59 Å². The van der Waals surface area contributed by atoms with Crippen molar-refractivity contribution >= 4 is 45.2 Å². The van der Waals surface area contributed by atoms with Crippen molar-refractivity contribution in [2.45, 2.75) is 38.8 Å². The number of carbonyl (C=O) groups is 3. The first-order valence-corrected chi connectivity index (χ1v) is 14.2. The van der Waals surface area contributed by atoms with E-state index >= 15 is 0 Å². The third-order valence-electron chi connectivity index (χ3n) is 7.33. The topological polar surface area (TPSA) is 88.5 Å². The van der Waals surface area contributed by atoms with Gasteiger partial charge in [-0.15, -0.1) is 0 Å². The van der Waals surface area contributed by atoms with Crippen LogP contribution in [-0.4, -0.2) is 47.2 Å². The van der Waals surface area contributed by atoms with E-state index < -0.39 is 23.4 Å². The highest BCUT2D eigenvalue weighted by Gasteiger charge is 2.67. The SMILES string of the molecule is CCOC(=O)C1=C(C(=O)OCC)N(Cc2ccccc2)C2(C(=O)N(c3ccccc3)N=C2C)C1c1ccc(Br)cc1. The number of hydrogen-bond acceptors (Lipinski definition) is 7. The van der Waals surface area contributed by atoms with Crippen LogP contribution in [0.2, 0.25) is 0 Å². The predicted octanol–water partition coefficient (Wildman–Crippen LogP) is 5.59. The molecule has 0 fully saturated rings. The Morgan fingerprint density at radius 2 is 1.46 bits per heavy atom. The maximum Gasteiger partial charge on any atom is 0.355 e. The molecule has 8 nitrogen and oxygen atoms in total. The Kier molecular flexibility index (Phi) is 8.08. The molecule has 0 bridgehead atoms. The van der Waals surface area contributed by atoms with Gasteiger partial charge in [0.25, 0.3) is 5.91 Å². The Labute approximate surface area is 247 Å². The molecular formula is C32H30BrN3O5. The van der Waals surface area contributed by atoms with E-state index in [0.29, 0.717) is 17.0 Å². The zero-order chi connectivity index (χ0) is 29.1. The number of carbonyl (C=O) groups excluding carboxylic acids is 3. The van der Waals surface area contributed by atoms with Crippen molar-refractivity contribution in [1.29, 1.82) is 0 Å². The summed E-state index contributed by atoms with van der Waals surface area (Å²) < 4.78 is 11.9. The van der Waals surface area contributed by atoms with Crippen molar-refractivity contribution < 1.29 is 23.9 Å². The smallest absolute Gasteiger partial charge is 0.355 e. The van der Waals surface area contributed by atoms with Gasteiger partial charge in [0.1, 0.15) is 5.70 Å². The van der Waals surface area contributed by atoms with Crippen LogP contribution in [0.1, 0.15) is 37.8 Å². The molecular weight excluding hydrogens is 586 g/mol. The first-order chi connectivity index (χ1) is 19.8. The molecule has 3 aromatic carbocycles. The summed E-state index contributed by atoms with van der Waals surface area (Å²) in [5, 5.41) is 6.12. The minimum absolute atomic E-state index is 0.000108. The second kappa shape index (κ2) is 11.7. The molecule has 0 N–H and O–H groups in total. The van der Waals surface area contributed by atoms with Crippen LogP contribution < -0.4 is 5.01 Å². The Morgan fingerprint density at radius 1 is 0.878 bits per heavy atom. The van der Waals surface area contributed by atoms with Crippen LogP contribution in [0.4, 0.5) is 5.69 Å². The van der Waals surface area contributed by atoms with E-state index in [1.807, 2.05) is 72.8 Å². The van der Waals surface area contributed by atoms with Crippen LogP contribution in [0.25, 0.3) is 0 Å². The van der Waals surface area contributed by atoms with E-state index in [0.717, 1.165) is 10.0 Å². The molecule has 0 saturated carbocycles. The lowest BCUT2D eigenvalue weighted by atomic mass is 9.73. The Balaban J connectivity index is 1.83. The summed E-state index contributed by atoms with van der Waals surface area (Å²) >= 11 is 3.49. The zero-order valence-electron chi connectivity index (χ0n) is 23.0. The number of hydrazone groups is 1. The Hall–Kier alpha value is -4.24. The van der Waals surface area contributed by atoms with E-state index in [-0.39, 0.29) is 36.9 Å². The number of ether oxygens (including phenoxy) is 2. The largest absolute Gasteiger partial charge is 0.463 e. The summed E-state index contributed by atoms with van der Waals surface area (Å²) in [7, 11) is 0. The number of para-hydroxylation sites is 1. The molecule has 1 spiro atoms. The zero-order valence-corrected chi connectivity index (χ0v) is 24.6. The van der Waals surface area contributed by atoms with E-state index in [9.17, 15) is 14.4 Å². The number of hydrogen-bond donors (Lipinski definition) is 0. The van der Waals surface area contributed by atoms with E-state index in [4.69, 9.17) is 14.6 Å². The first kappa shape index (κ1) is 28.3. The number of rotatable bonds is 8. The fourth-order valence-electron chi connectivity index (χ4n) is 5.67. The number of benzene rings is 3. The van der Waals surface area contributed by atoms with Gasteiger partial charge in [0.05, 0.1) is 36.1 Å². The summed E-state index contributed by atoms with van der Waals surface area (Å²) in [6, 6.07) is 26.0. The molecule has 210 valence electrons. The van der Waals surface area contributed by atoms with E-state index in [2.05, 4.69) is 15.9 Å². The van der Waals surface area contributed by atoms with Gasteiger partial charge in [-0.3, -0.25) is 4.79 Å². The molecule has 0 saturated heterocycles. The summed E-state index contributed by atoms with van der Waals surface area (Å²) in [6.07, 6.45) is 0.